The molecule has 0 saturated carbocycles. The van der Waals surface area contributed by atoms with Crippen molar-refractivity contribution in [2.45, 2.75) is 12.5 Å². The summed E-state index contributed by atoms with van der Waals surface area (Å²) < 4.78 is 11.0. The summed E-state index contributed by atoms with van der Waals surface area (Å²) in [6.45, 7) is 0.281. The van der Waals surface area contributed by atoms with Gasteiger partial charge in [0.05, 0.1) is 17.4 Å². The van der Waals surface area contributed by atoms with Crippen LogP contribution in [-0.2, 0) is 0 Å². The Morgan fingerprint density at radius 2 is 1.81 bits per heavy atom. The Balaban J connectivity index is 1.55. The second-order valence-electron chi connectivity index (χ2n) is 6.30. The van der Waals surface area contributed by atoms with Gasteiger partial charge in [0.1, 0.15) is 0 Å². The predicted molar refractivity (Wildman–Crippen MR) is 99.6 cm³/mol. The van der Waals surface area contributed by atoms with Gasteiger partial charge in [-0.15, -0.1) is 0 Å². The van der Waals surface area contributed by atoms with Gasteiger partial charge >= 0.3 is 0 Å². The molecule has 0 bridgehead atoms. The standard InChI is InChI=1S/C21H17N3O2/c1-2-6-17(7-3-1)24-19(12-18(23-24)16-5-4-10-22-13-16)15-8-9-20-21(11-15)26-14-25-20/h1-11,13,19H,12,14H2/t19-/m1/s1. The minimum atomic E-state index is 0.0992. The summed E-state index contributed by atoms with van der Waals surface area (Å²) in [6, 6.07) is 20.5. The van der Waals surface area contributed by atoms with E-state index >= 15 is 0 Å². The molecule has 5 heteroatoms. The number of fused-ring (bicyclic) bond motifs is 1. The molecule has 2 aliphatic heterocycles. The third-order valence-electron chi connectivity index (χ3n) is 4.71. The Kier molecular flexibility index (Phi) is 3.56. The average Bonchev–Trinajstić information content (AvgIpc) is 3.36. The van der Waals surface area contributed by atoms with Crippen molar-refractivity contribution in [2.24, 2.45) is 5.10 Å². The summed E-state index contributed by atoms with van der Waals surface area (Å²) in [6.07, 6.45) is 4.45. The first-order chi connectivity index (χ1) is 12.9. The van der Waals surface area contributed by atoms with Crippen molar-refractivity contribution in [1.82, 2.24) is 4.98 Å². The van der Waals surface area contributed by atoms with Crippen LogP contribution in [0.3, 0.4) is 0 Å². The first-order valence-corrected chi connectivity index (χ1v) is 8.60. The SMILES string of the molecule is c1ccc(N2N=C(c3cccnc3)C[C@@H]2c2ccc3c(c2)OCO3)cc1. The van der Waals surface area contributed by atoms with Gasteiger partial charge in [-0.3, -0.25) is 9.99 Å². The zero-order valence-electron chi connectivity index (χ0n) is 14.1. The van der Waals surface area contributed by atoms with Crippen LogP contribution in [0.15, 0.2) is 78.2 Å². The number of hydrazone groups is 1. The average molecular weight is 343 g/mol. The highest BCUT2D eigenvalue weighted by molar-refractivity contribution is 6.03. The largest absolute Gasteiger partial charge is 0.454 e. The van der Waals surface area contributed by atoms with Crippen molar-refractivity contribution in [1.29, 1.82) is 0 Å². The molecule has 0 spiro atoms. The molecule has 0 aliphatic carbocycles. The fourth-order valence-corrected chi connectivity index (χ4v) is 3.42. The minimum absolute atomic E-state index is 0.0992. The molecule has 128 valence electrons. The number of pyridine rings is 1. The maximum absolute atomic E-state index is 5.56. The molecule has 0 fully saturated rings. The van der Waals surface area contributed by atoms with Gasteiger partial charge in [0.2, 0.25) is 6.79 Å². The van der Waals surface area contributed by atoms with Crippen molar-refractivity contribution < 1.29 is 9.47 Å². The summed E-state index contributed by atoms with van der Waals surface area (Å²) in [5.74, 6) is 1.59. The molecule has 0 unspecified atom stereocenters. The van der Waals surface area contributed by atoms with E-state index in [1.165, 1.54) is 0 Å². The van der Waals surface area contributed by atoms with Gasteiger partial charge in [-0.25, -0.2) is 0 Å². The summed E-state index contributed by atoms with van der Waals surface area (Å²) in [5, 5.41) is 7.00. The third kappa shape index (κ3) is 2.58. The molecule has 5 rings (SSSR count). The van der Waals surface area contributed by atoms with Gasteiger partial charge in [-0.05, 0) is 35.9 Å². The molecule has 2 aliphatic rings. The maximum atomic E-state index is 5.56. The zero-order valence-corrected chi connectivity index (χ0v) is 14.1. The summed E-state index contributed by atoms with van der Waals surface area (Å²) in [4.78, 5) is 4.24. The summed E-state index contributed by atoms with van der Waals surface area (Å²) in [7, 11) is 0. The Bertz CT molecular complexity index is 958. The van der Waals surface area contributed by atoms with Crippen molar-refractivity contribution in [3.8, 4) is 11.5 Å². The van der Waals surface area contributed by atoms with Crippen LogP contribution < -0.4 is 14.5 Å². The van der Waals surface area contributed by atoms with Crippen LogP contribution in [0.4, 0.5) is 5.69 Å². The lowest BCUT2D eigenvalue weighted by Gasteiger charge is -2.24. The number of hydrogen-bond donors (Lipinski definition) is 0. The van der Waals surface area contributed by atoms with E-state index in [9.17, 15) is 0 Å². The second kappa shape index (κ2) is 6.19. The lowest BCUT2D eigenvalue weighted by atomic mass is 9.98. The molecule has 26 heavy (non-hydrogen) atoms. The first-order valence-electron chi connectivity index (χ1n) is 8.60. The van der Waals surface area contributed by atoms with Gasteiger partial charge in [0.15, 0.2) is 11.5 Å². The minimum Gasteiger partial charge on any atom is -0.454 e. The van der Waals surface area contributed by atoms with Crippen LogP contribution in [0.2, 0.25) is 0 Å². The molecule has 0 saturated heterocycles. The molecule has 1 aromatic heterocycles. The Morgan fingerprint density at radius 3 is 2.65 bits per heavy atom. The maximum Gasteiger partial charge on any atom is 0.231 e. The summed E-state index contributed by atoms with van der Waals surface area (Å²) in [5.41, 5.74) is 4.30. The smallest absolute Gasteiger partial charge is 0.231 e. The molecule has 1 atom stereocenters. The van der Waals surface area contributed by atoms with Crippen LogP contribution in [-0.4, -0.2) is 17.5 Å². The highest BCUT2D eigenvalue weighted by Crippen LogP contribution is 2.40. The first kappa shape index (κ1) is 15.0. The molecule has 2 aromatic carbocycles. The van der Waals surface area contributed by atoms with Gasteiger partial charge in [-0.1, -0.05) is 30.3 Å². The Hall–Kier alpha value is -3.34. The fourth-order valence-electron chi connectivity index (χ4n) is 3.42. The number of para-hydroxylation sites is 1. The molecule has 3 aromatic rings. The van der Waals surface area contributed by atoms with Crippen LogP contribution in [0, 0.1) is 0 Å². The van der Waals surface area contributed by atoms with Gasteiger partial charge < -0.3 is 9.47 Å². The molecule has 0 amide bonds. The van der Waals surface area contributed by atoms with Gasteiger partial charge in [-0.2, -0.15) is 5.10 Å². The van der Waals surface area contributed by atoms with Crippen molar-refractivity contribution in [3.63, 3.8) is 0 Å². The van der Waals surface area contributed by atoms with E-state index in [1.807, 2.05) is 36.5 Å². The van der Waals surface area contributed by atoms with E-state index in [0.29, 0.717) is 0 Å². The summed E-state index contributed by atoms with van der Waals surface area (Å²) >= 11 is 0. The topological polar surface area (TPSA) is 47.0 Å². The number of nitrogens with zero attached hydrogens (tertiary/aromatic N) is 3. The van der Waals surface area contributed by atoms with Crippen molar-refractivity contribution in [2.75, 3.05) is 11.8 Å². The number of rotatable bonds is 3. The Morgan fingerprint density at radius 1 is 0.923 bits per heavy atom. The van der Waals surface area contributed by atoms with E-state index in [1.54, 1.807) is 6.20 Å². The van der Waals surface area contributed by atoms with E-state index in [4.69, 9.17) is 14.6 Å². The number of ether oxygens (including phenoxy) is 2. The van der Waals surface area contributed by atoms with Crippen LogP contribution >= 0.6 is 0 Å². The number of anilines is 1. The molecular weight excluding hydrogens is 326 g/mol. The highest BCUT2D eigenvalue weighted by atomic mass is 16.7. The molecule has 0 N–H and O–H groups in total. The van der Waals surface area contributed by atoms with Crippen molar-refractivity contribution >= 4 is 11.4 Å². The van der Waals surface area contributed by atoms with Crippen LogP contribution in [0.5, 0.6) is 11.5 Å². The van der Waals surface area contributed by atoms with Gasteiger partial charge in [0, 0.05) is 24.4 Å². The van der Waals surface area contributed by atoms with Crippen LogP contribution in [0.1, 0.15) is 23.6 Å². The lowest BCUT2D eigenvalue weighted by molar-refractivity contribution is 0.174. The number of aromatic nitrogens is 1. The lowest BCUT2D eigenvalue weighted by Crippen LogP contribution is -2.18. The quantitative estimate of drug-likeness (QED) is 0.716. The second-order valence-corrected chi connectivity index (χ2v) is 6.30. The van der Waals surface area contributed by atoms with Gasteiger partial charge in [0.25, 0.3) is 0 Å². The Labute approximate surface area is 151 Å². The number of hydrogen-bond acceptors (Lipinski definition) is 5. The zero-order chi connectivity index (χ0) is 17.3. The third-order valence-corrected chi connectivity index (χ3v) is 4.71. The van der Waals surface area contributed by atoms with Crippen LogP contribution in [0.25, 0.3) is 0 Å². The van der Waals surface area contributed by atoms with E-state index in [0.717, 1.165) is 40.4 Å². The van der Waals surface area contributed by atoms with E-state index in [-0.39, 0.29) is 12.8 Å². The van der Waals surface area contributed by atoms with E-state index < -0.39 is 0 Å². The molecule has 3 heterocycles. The highest BCUT2D eigenvalue weighted by Gasteiger charge is 2.31. The normalized spacial score (nSPS) is 18.1. The number of benzene rings is 2. The van der Waals surface area contributed by atoms with E-state index in [2.05, 4.69) is 40.3 Å². The predicted octanol–water partition coefficient (Wildman–Crippen LogP) is 4.17. The molecule has 0 radical (unpaired) electrons. The molecule has 5 nitrogen and oxygen atoms in total. The fraction of sp³-hybridized carbons (Fsp3) is 0.143. The molecular formula is C21H17N3O2. The monoisotopic (exact) mass is 343 g/mol. The van der Waals surface area contributed by atoms with Crippen molar-refractivity contribution in [3.05, 3.63) is 84.2 Å².